The second-order valence-electron chi connectivity index (χ2n) is 7.96. The predicted molar refractivity (Wildman–Crippen MR) is 104 cm³/mol. The normalized spacial score (nSPS) is 14.7. The molecule has 0 bridgehead atoms. The van der Waals surface area contributed by atoms with E-state index in [0.717, 1.165) is 0 Å². The molecule has 2 N–H and O–H groups in total. The van der Waals surface area contributed by atoms with E-state index in [9.17, 15) is 19.5 Å². The third-order valence-corrected chi connectivity index (χ3v) is 4.42. The van der Waals surface area contributed by atoms with E-state index in [1.54, 1.807) is 27.7 Å². The summed E-state index contributed by atoms with van der Waals surface area (Å²) in [6.07, 6.45) is -0.0397. The van der Waals surface area contributed by atoms with Crippen molar-refractivity contribution in [2.75, 3.05) is 19.8 Å². The van der Waals surface area contributed by atoms with E-state index in [4.69, 9.17) is 9.47 Å². The molecule has 1 amide bonds. The Hall–Kier alpha value is -2.68. The van der Waals surface area contributed by atoms with Gasteiger partial charge in [0, 0.05) is 18.5 Å². The summed E-state index contributed by atoms with van der Waals surface area (Å²) in [4.78, 5) is 39.4. The standard InChI is InChI=1S/C20H29N3O6/c1-6-28-18(26)13(9-12(2)11-24)17(25)16-14-10-23(8-7-15(14)21-22-16)19(27)29-20(3,4)5/h13,24H,2,6-11H2,1,3-5H3,(H,21,22). The van der Waals surface area contributed by atoms with E-state index in [2.05, 4.69) is 16.8 Å². The van der Waals surface area contributed by atoms with Gasteiger partial charge in [-0.05, 0) is 34.1 Å². The first-order valence-corrected chi connectivity index (χ1v) is 9.59. The van der Waals surface area contributed by atoms with Crippen LogP contribution in [0.3, 0.4) is 0 Å². The van der Waals surface area contributed by atoms with Gasteiger partial charge in [0.1, 0.15) is 17.2 Å². The molecule has 0 aromatic carbocycles. The number of esters is 1. The molecule has 1 aromatic rings. The molecule has 9 nitrogen and oxygen atoms in total. The van der Waals surface area contributed by atoms with Crippen LogP contribution in [-0.4, -0.2) is 63.4 Å². The number of rotatable bonds is 7. The number of H-pyrrole nitrogens is 1. The number of aromatic nitrogens is 2. The van der Waals surface area contributed by atoms with Crippen molar-refractivity contribution < 1.29 is 29.0 Å². The lowest BCUT2D eigenvalue weighted by atomic mass is 9.91. The molecule has 0 saturated heterocycles. The average Bonchev–Trinajstić information content (AvgIpc) is 3.07. The van der Waals surface area contributed by atoms with Gasteiger partial charge in [0.25, 0.3) is 0 Å². The highest BCUT2D eigenvalue weighted by Crippen LogP contribution is 2.26. The number of aliphatic hydroxyl groups excluding tert-OH is 1. The van der Waals surface area contributed by atoms with Gasteiger partial charge in [0.05, 0.1) is 25.5 Å². The summed E-state index contributed by atoms with van der Waals surface area (Å²) in [7, 11) is 0. The van der Waals surface area contributed by atoms with Gasteiger partial charge < -0.3 is 19.5 Å². The fraction of sp³-hybridized carbons (Fsp3) is 0.600. The van der Waals surface area contributed by atoms with Crippen molar-refractivity contribution in [1.82, 2.24) is 15.1 Å². The van der Waals surface area contributed by atoms with Gasteiger partial charge in [-0.3, -0.25) is 14.7 Å². The fourth-order valence-corrected chi connectivity index (χ4v) is 3.03. The Morgan fingerprint density at radius 3 is 2.62 bits per heavy atom. The minimum Gasteiger partial charge on any atom is -0.465 e. The summed E-state index contributed by atoms with van der Waals surface area (Å²) in [5.41, 5.74) is 1.12. The number of hydrogen-bond acceptors (Lipinski definition) is 7. The van der Waals surface area contributed by atoms with Crippen LogP contribution >= 0.6 is 0 Å². The molecular weight excluding hydrogens is 378 g/mol. The molecule has 1 atom stereocenters. The zero-order valence-electron chi connectivity index (χ0n) is 17.4. The zero-order valence-corrected chi connectivity index (χ0v) is 17.4. The largest absolute Gasteiger partial charge is 0.465 e. The number of aliphatic hydroxyl groups is 1. The summed E-state index contributed by atoms with van der Waals surface area (Å²) in [6, 6.07) is 0. The molecule has 160 valence electrons. The van der Waals surface area contributed by atoms with Crippen LogP contribution in [0.1, 0.15) is 55.9 Å². The van der Waals surface area contributed by atoms with Crippen molar-refractivity contribution in [1.29, 1.82) is 0 Å². The highest BCUT2D eigenvalue weighted by Gasteiger charge is 2.35. The predicted octanol–water partition coefficient (Wildman–Crippen LogP) is 2.00. The topological polar surface area (TPSA) is 122 Å². The molecule has 1 aliphatic rings. The summed E-state index contributed by atoms with van der Waals surface area (Å²) in [5.74, 6) is -2.33. The molecule has 0 radical (unpaired) electrons. The van der Waals surface area contributed by atoms with Gasteiger partial charge in [-0.15, -0.1) is 0 Å². The lowest BCUT2D eigenvalue weighted by Crippen LogP contribution is -2.40. The Balaban J connectivity index is 2.26. The Morgan fingerprint density at radius 2 is 2.03 bits per heavy atom. The van der Waals surface area contributed by atoms with Crippen LogP contribution in [0.2, 0.25) is 0 Å². The van der Waals surface area contributed by atoms with Gasteiger partial charge in [-0.25, -0.2) is 4.79 Å². The van der Waals surface area contributed by atoms with Gasteiger partial charge in [0.2, 0.25) is 0 Å². The number of ether oxygens (including phenoxy) is 2. The van der Waals surface area contributed by atoms with E-state index < -0.39 is 29.4 Å². The number of Topliss-reactive ketones (excluding diaryl/α,β-unsaturated/α-hetero) is 1. The number of carbonyl (C=O) groups excluding carboxylic acids is 3. The van der Waals surface area contributed by atoms with Crippen LogP contribution in [-0.2, 0) is 27.2 Å². The molecule has 2 heterocycles. The van der Waals surface area contributed by atoms with Crippen LogP contribution in [0.25, 0.3) is 0 Å². The second kappa shape index (κ2) is 9.21. The number of nitrogens with zero attached hydrogens (tertiary/aromatic N) is 2. The first-order chi connectivity index (χ1) is 13.6. The first-order valence-electron chi connectivity index (χ1n) is 9.59. The molecule has 9 heteroatoms. The van der Waals surface area contributed by atoms with Crippen LogP contribution in [0.5, 0.6) is 0 Å². The summed E-state index contributed by atoms with van der Waals surface area (Å²) < 4.78 is 10.4. The zero-order chi connectivity index (χ0) is 21.8. The number of amides is 1. The molecule has 0 spiro atoms. The molecule has 29 heavy (non-hydrogen) atoms. The van der Waals surface area contributed by atoms with Gasteiger partial charge in [0.15, 0.2) is 5.78 Å². The Labute approximate surface area is 170 Å². The second-order valence-corrected chi connectivity index (χ2v) is 7.96. The van der Waals surface area contributed by atoms with Gasteiger partial charge >= 0.3 is 12.1 Å². The van der Waals surface area contributed by atoms with Crippen molar-refractivity contribution in [2.45, 2.75) is 52.7 Å². The highest BCUT2D eigenvalue weighted by atomic mass is 16.6. The van der Waals surface area contributed by atoms with Crippen molar-refractivity contribution in [2.24, 2.45) is 5.92 Å². The summed E-state index contributed by atoms with van der Waals surface area (Å²) >= 11 is 0. The number of nitrogens with one attached hydrogen (secondary N) is 1. The fourth-order valence-electron chi connectivity index (χ4n) is 3.03. The number of aromatic amines is 1. The Kier molecular flexibility index (Phi) is 7.18. The molecule has 1 aromatic heterocycles. The number of ketones is 1. The quantitative estimate of drug-likeness (QED) is 0.307. The van der Waals surface area contributed by atoms with Crippen LogP contribution in [0.15, 0.2) is 12.2 Å². The van der Waals surface area contributed by atoms with Gasteiger partial charge in [-0.1, -0.05) is 12.2 Å². The molecule has 0 aliphatic carbocycles. The molecule has 1 aliphatic heterocycles. The molecule has 1 unspecified atom stereocenters. The lowest BCUT2D eigenvalue weighted by molar-refractivity contribution is -0.146. The van der Waals surface area contributed by atoms with E-state index >= 15 is 0 Å². The monoisotopic (exact) mass is 407 g/mol. The number of fused-ring (bicyclic) bond motifs is 1. The minimum atomic E-state index is -1.14. The van der Waals surface area contributed by atoms with Crippen molar-refractivity contribution in [3.63, 3.8) is 0 Å². The van der Waals surface area contributed by atoms with Crippen LogP contribution in [0, 0.1) is 5.92 Å². The smallest absolute Gasteiger partial charge is 0.410 e. The maximum Gasteiger partial charge on any atom is 0.410 e. The molecule has 0 fully saturated rings. The van der Waals surface area contributed by atoms with Gasteiger partial charge in [-0.2, -0.15) is 5.10 Å². The first kappa shape index (κ1) is 22.6. The summed E-state index contributed by atoms with van der Waals surface area (Å²) in [6.45, 7) is 11.0. The maximum absolute atomic E-state index is 13.1. The van der Waals surface area contributed by atoms with Crippen LogP contribution < -0.4 is 0 Å². The average molecular weight is 407 g/mol. The Bertz CT molecular complexity index is 793. The van der Waals surface area contributed by atoms with Crippen LogP contribution in [0.4, 0.5) is 4.79 Å². The third kappa shape index (κ3) is 5.66. The van der Waals surface area contributed by atoms with E-state index in [0.29, 0.717) is 29.8 Å². The maximum atomic E-state index is 13.1. The van der Waals surface area contributed by atoms with E-state index in [1.807, 2.05) is 0 Å². The van der Waals surface area contributed by atoms with Crippen molar-refractivity contribution in [3.8, 4) is 0 Å². The SMILES string of the molecule is C=C(CO)CC(C(=O)OCC)C(=O)c1[nH]nc2c1CN(C(=O)OC(C)(C)C)CC2. The van der Waals surface area contributed by atoms with E-state index in [-0.39, 0.29) is 31.9 Å². The Morgan fingerprint density at radius 1 is 1.34 bits per heavy atom. The number of hydrogen-bond donors (Lipinski definition) is 2. The van der Waals surface area contributed by atoms with E-state index in [1.165, 1.54) is 4.90 Å². The molecule has 2 rings (SSSR count). The molecular formula is C20H29N3O6. The van der Waals surface area contributed by atoms with Crippen molar-refractivity contribution >= 4 is 17.8 Å². The summed E-state index contributed by atoms with van der Waals surface area (Å²) in [5, 5.41) is 16.1. The minimum absolute atomic E-state index is 0.0300. The molecule has 0 saturated carbocycles. The van der Waals surface area contributed by atoms with Crippen molar-refractivity contribution in [3.05, 3.63) is 29.1 Å². The lowest BCUT2D eigenvalue weighted by Gasteiger charge is -2.30. The third-order valence-electron chi connectivity index (χ3n) is 4.42. The highest BCUT2D eigenvalue weighted by molar-refractivity contribution is 6.08. The number of carbonyl (C=O) groups is 3.